The van der Waals surface area contributed by atoms with E-state index >= 15 is 0 Å². The average molecular weight is 545 g/mol. The van der Waals surface area contributed by atoms with Gasteiger partial charge in [-0.3, -0.25) is 9.59 Å². The number of carbonyl (C=O) groups excluding carboxylic acids is 1. The molecule has 0 aliphatic heterocycles. The van der Waals surface area contributed by atoms with E-state index in [1.165, 1.54) is 5.56 Å². The number of benzene rings is 2. The van der Waals surface area contributed by atoms with Crippen LogP contribution in [0.4, 0.5) is 5.69 Å². The maximum atomic E-state index is 12.6. The molecule has 0 unspecified atom stereocenters. The molecule has 0 bridgehead atoms. The normalized spacial score (nSPS) is 11.4. The van der Waals surface area contributed by atoms with Crippen molar-refractivity contribution in [2.75, 3.05) is 19.0 Å². The topological polar surface area (TPSA) is 97.8 Å². The van der Waals surface area contributed by atoms with E-state index in [4.69, 9.17) is 9.47 Å². The molecule has 40 heavy (non-hydrogen) atoms. The predicted octanol–water partition coefficient (Wildman–Crippen LogP) is 7.19. The van der Waals surface area contributed by atoms with Crippen LogP contribution in [-0.2, 0) is 16.0 Å². The molecule has 0 atom stereocenters. The summed E-state index contributed by atoms with van der Waals surface area (Å²) < 4.78 is 11.1. The number of aromatic nitrogens is 1. The van der Waals surface area contributed by atoms with Gasteiger partial charge in [-0.05, 0) is 86.1 Å². The lowest BCUT2D eigenvalue weighted by atomic mass is 9.79. The Morgan fingerprint density at radius 2 is 1.75 bits per heavy atom. The molecule has 1 amide bonds. The summed E-state index contributed by atoms with van der Waals surface area (Å²) in [5.74, 6) is 0.208. The molecule has 0 radical (unpaired) electrons. The van der Waals surface area contributed by atoms with E-state index in [2.05, 4.69) is 22.4 Å². The molecule has 0 saturated carbocycles. The Morgan fingerprint density at radius 1 is 1.00 bits per heavy atom. The number of hydrogen-bond donors (Lipinski definition) is 2. The number of methoxy groups -OCH3 is 1. The Balaban J connectivity index is 1.54. The number of carbonyl (C=O) groups is 2. The highest BCUT2D eigenvalue weighted by molar-refractivity contribution is 5.94. The molecule has 212 valence electrons. The maximum absolute atomic E-state index is 12.6. The number of ether oxygens (including phenoxy) is 2. The Morgan fingerprint density at radius 3 is 2.42 bits per heavy atom. The molecule has 0 saturated heterocycles. The van der Waals surface area contributed by atoms with Gasteiger partial charge in [-0.15, -0.1) is 0 Å². The zero-order valence-electron chi connectivity index (χ0n) is 23.9. The fourth-order valence-corrected chi connectivity index (χ4v) is 4.46. The molecule has 7 heteroatoms. The highest BCUT2D eigenvalue weighted by Crippen LogP contribution is 2.31. The quantitative estimate of drug-likeness (QED) is 0.197. The second-order valence-corrected chi connectivity index (χ2v) is 9.98. The van der Waals surface area contributed by atoms with Crippen molar-refractivity contribution in [3.05, 3.63) is 83.0 Å². The molecular formula is C33H40N2O5. The Hall–Kier alpha value is -4.13. The van der Waals surface area contributed by atoms with Crippen molar-refractivity contribution >= 4 is 29.7 Å². The maximum Gasteiger partial charge on any atom is 0.310 e. The van der Waals surface area contributed by atoms with E-state index in [0.29, 0.717) is 31.0 Å². The van der Waals surface area contributed by atoms with Gasteiger partial charge in [0.05, 0.1) is 24.8 Å². The number of pyridine rings is 1. The lowest BCUT2D eigenvalue weighted by Gasteiger charge is -2.25. The minimum Gasteiger partial charge on any atom is -0.497 e. The minimum absolute atomic E-state index is 0.0627. The summed E-state index contributed by atoms with van der Waals surface area (Å²) in [4.78, 5) is 29.0. The molecule has 2 aromatic carbocycles. The average Bonchev–Trinajstić information content (AvgIpc) is 2.96. The third-order valence-electron chi connectivity index (χ3n) is 7.29. The van der Waals surface area contributed by atoms with Gasteiger partial charge in [-0.2, -0.15) is 0 Å². The van der Waals surface area contributed by atoms with E-state index in [1.54, 1.807) is 27.0 Å². The molecular weight excluding hydrogens is 504 g/mol. The van der Waals surface area contributed by atoms with E-state index in [9.17, 15) is 14.7 Å². The van der Waals surface area contributed by atoms with Gasteiger partial charge >= 0.3 is 5.97 Å². The molecule has 7 nitrogen and oxygen atoms in total. The molecule has 0 spiro atoms. The molecule has 0 aliphatic rings. The predicted molar refractivity (Wildman–Crippen MR) is 160 cm³/mol. The van der Waals surface area contributed by atoms with Crippen LogP contribution >= 0.6 is 0 Å². The van der Waals surface area contributed by atoms with Crippen LogP contribution in [0.3, 0.4) is 0 Å². The molecule has 0 fully saturated rings. The van der Waals surface area contributed by atoms with Gasteiger partial charge in [0.25, 0.3) is 0 Å². The number of nitrogens with one attached hydrogen (secondary N) is 1. The largest absolute Gasteiger partial charge is 0.497 e. The zero-order valence-corrected chi connectivity index (χ0v) is 23.9. The van der Waals surface area contributed by atoms with Crippen molar-refractivity contribution in [2.45, 2.75) is 59.3 Å². The van der Waals surface area contributed by atoms with Crippen LogP contribution in [0, 0.1) is 12.3 Å². The molecule has 1 heterocycles. The van der Waals surface area contributed by atoms with Crippen molar-refractivity contribution in [3.8, 4) is 11.6 Å². The van der Waals surface area contributed by atoms with Crippen LogP contribution in [0.15, 0.2) is 60.7 Å². The first-order valence-corrected chi connectivity index (χ1v) is 13.8. The van der Waals surface area contributed by atoms with Gasteiger partial charge in [0.2, 0.25) is 11.8 Å². The number of aryl methyl sites for hydroxylation is 2. The van der Waals surface area contributed by atoms with E-state index < -0.39 is 11.4 Å². The summed E-state index contributed by atoms with van der Waals surface area (Å²) in [6, 6.07) is 19.5. The number of unbranched alkanes of at least 4 members (excludes halogenated alkanes) is 1. The van der Waals surface area contributed by atoms with Crippen molar-refractivity contribution in [3.63, 3.8) is 0 Å². The molecule has 1 aromatic heterocycles. The first kappa shape index (κ1) is 30.4. The fourth-order valence-electron chi connectivity index (χ4n) is 4.46. The molecule has 3 rings (SSSR count). The summed E-state index contributed by atoms with van der Waals surface area (Å²) >= 11 is 0. The van der Waals surface area contributed by atoms with Gasteiger partial charge in [-0.25, -0.2) is 4.98 Å². The number of aliphatic carboxylic acids is 1. The van der Waals surface area contributed by atoms with Gasteiger partial charge in [0.1, 0.15) is 5.75 Å². The first-order chi connectivity index (χ1) is 19.3. The van der Waals surface area contributed by atoms with Crippen molar-refractivity contribution in [2.24, 2.45) is 5.41 Å². The fraction of sp³-hybridized carbons (Fsp3) is 0.364. The first-order valence-electron chi connectivity index (χ1n) is 13.8. The van der Waals surface area contributed by atoms with Crippen LogP contribution in [0.5, 0.6) is 11.6 Å². The third kappa shape index (κ3) is 8.70. The van der Waals surface area contributed by atoms with E-state index in [1.807, 2.05) is 61.5 Å². The van der Waals surface area contributed by atoms with Gasteiger partial charge in [-0.1, -0.05) is 50.3 Å². The Bertz CT molecular complexity index is 1300. The Labute approximate surface area is 237 Å². The number of carboxylic acids is 1. The molecule has 3 aromatic rings. The minimum atomic E-state index is -1.05. The third-order valence-corrected chi connectivity index (χ3v) is 7.29. The highest BCUT2D eigenvalue weighted by Gasteiger charge is 2.37. The number of rotatable bonds is 15. The smallest absolute Gasteiger partial charge is 0.310 e. The molecule has 0 aliphatic carbocycles. The van der Waals surface area contributed by atoms with Gasteiger partial charge < -0.3 is 19.9 Å². The van der Waals surface area contributed by atoms with Crippen molar-refractivity contribution < 1.29 is 24.2 Å². The number of carboxylic acid groups (broad SMARTS) is 1. The summed E-state index contributed by atoms with van der Waals surface area (Å²) in [6.07, 6.45) is 7.52. The van der Waals surface area contributed by atoms with Crippen LogP contribution in [0.1, 0.15) is 68.3 Å². The summed E-state index contributed by atoms with van der Waals surface area (Å²) in [5, 5.41) is 12.5. The second kappa shape index (κ2) is 14.9. The Kier molecular flexibility index (Phi) is 11.3. The van der Waals surface area contributed by atoms with Crippen molar-refractivity contribution in [1.29, 1.82) is 0 Å². The van der Waals surface area contributed by atoms with Crippen LogP contribution < -0.4 is 14.8 Å². The van der Waals surface area contributed by atoms with E-state index in [0.717, 1.165) is 41.8 Å². The van der Waals surface area contributed by atoms with Crippen LogP contribution in [0.2, 0.25) is 0 Å². The van der Waals surface area contributed by atoms with Crippen LogP contribution in [-0.4, -0.2) is 35.7 Å². The monoisotopic (exact) mass is 544 g/mol. The summed E-state index contributed by atoms with van der Waals surface area (Å²) in [5.41, 5.74) is 3.57. The SMILES string of the molecule is CCC(CC)(CC(=O)Nc1cccc(C=Cc2nc(OCCCCc3ccc(OC)cc3)ccc2C)c1)C(=O)O. The number of amides is 1. The summed E-state index contributed by atoms with van der Waals surface area (Å²) in [7, 11) is 1.67. The van der Waals surface area contributed by atoms with Gasteiger partial charge in [0, 0.05) is 18.2 Å². The van der Waals surface area contributed by atoms with E-state index in [-0.39, 0.29) is 12.3 Å². The number of hydrogen-bond acceptors (Lipinski definition) is 5. The zero-order chi connectivity index (χ0) is 29.0. The second-order valence-electron chi connectivity index (χ2n) is 9.98. The number of nitrogens with zero attached hydrogens (tertiary/aromatic N) is 1. The summed E-state index contributed by atoms with van der Waals surface area (Å²) in [6.45, 7) is 6.20. The standard InChI is InChI=1S/C33H40N2O5/c1-5-33(6-2,32(37)38)23-30(36)34-27-12-9-11-26(22-27)16-19-29-24(3)13-20-31(35-29)40-21-8-7-10-25-14-17-28(39-4)18-15-25/h9,11-20,22H,5-8,10,21,23H2,1-4H3,(H,34,36)(H,37,38). The number of anilines is 1. The molecule has 2 N–H and O–H groups in total. The van der Waals surface area contributed by atoms with Gasteiger partial charge in [0.15, 0.2) is 0 Å². The van der Waals surface area contributed by atoms with Crippen LogP contribution in [0.25, 0.3) is 12.2 Å². The van der Waals surface area contributed by atoms with Crippen molar-refractivity contribution in [1.82, 2.24) is 4.98 Å². The lowest BCUT2D eigenvalue weighted by molar-refractivity contribution is -0.151. The highest BCUT2D eigenvalue weighted by atomic mass is 16.5. The lowest BCUT2D eigenvalue weighted by Crippen LogP contribution is -2.34.